The van der Waals surface area contributed by atoms with E-state index in [9.17, 15) is 18.5 Å². The highest BCUT2D eigenvalue weighted by Gasteiger charge is 2.11. The van der Waals surface area contributed by atoms with Gasteiger partial charge in [-0.2, -0.15) is 9.97 Å². The smallest absolute Gasteiger partial charge is 0.269 e. The van der Waals surface area contributed by atoms with Gasteiger partial charge in [0.05, 0.1) is 16.1 Å². The number of hydrogen-bond acceptors (Lipinski definition) is 9. The van der Waals surface area contributed by atoms with Crippen LogP contribution in [-0.2, 0) is 22.9 Å². The fourth-order valence-electron chi connectivity index (χ4n) is 3.00. The number of anilines is 2. The summed E-state index contributed by atoms with van der Waals surface area (Å²) in [7, 11) is -3.25. The van der Waals surface area contributed by atoms with Crippen LogP contribution in [0.2, 0.25) is 0 Å². The van der Waals surface area contributed by atoms with Crippen LogP contribution in [0.15, 0.2) is 59.8 Å². The van der Waals surface area contributed by atoms with Crippen molar-refractivity contribution in [3.63, 3.8) is 0 Å². The van der Waals surface area contributed by atoms with Gasteiger partial charge >= 0.3 is 0 Å². The maximum atomic E-state index is 11.6. The van der Waals surface area contributed by atoms with Crippen LogP contribution in [0.3, 0.4) is 0 Å². The number of nitrogens with zero attached hydrogens (tertiary/aromatic N) is 4. The Morgan fingerprint density at radius 2 is 1.59 bits per heavy atom. The third kappa shape index (κ3) is 4.81. The van der Waals surface area contributed by atoms with Crippen molar-refractivity contribution in [3.8, 4) is 0 Å². The Labute approximate surface area is 183 Å². The number of nitro benzene ring substituents is 1. The molecule has 0 bridgehead atoms. The molecule has 11 nitrogen and oxygen atoms in total. The molecule has 2 heterocycles. The van der Waals surface area contributed by atoms with E-state index in [1.807, 2.05) is 0 Å². The van der Waals surface area contributed by atoms with Gasteiger partial charge in [0.1, 0.15) is 5.52 Å². The molecule has 0 fully saturated rings. The highest BCUT2D eigenvalue weighted by atomic mass is 32.2. The normalized spacial score (nSPS) is 11.4. The van der Waals surface area contributed by atoms with Crippen molar-refractivity contribution in [1.29, 1.82) is 0 Å². The van der Waals surface area contributed by atoms with E-state index in [1.54, 1.807) is 36.4 Å². The number of fused-ring (bicyclic) bond motifs is 1. The van der Waals surface area contributed by atoms with E-state index in [1.165, 1.54) is 24.7 Å². The summed E-state index contributed by atoms with van der Waals surface area (Å²) in [6, 6.07) is 12.8. The van der Waals surface area contributed by atoms with E-state index < -0.39 is 14.8 Å². The van der Waals surface area contributed by atoms with Crippen LogP contribution in [0.25, 0.3) is 11.2 Å². The van der Waals surface area contributed by atoms with E-state index in [2.05, 4.69) is 30.6 Å². The van der Waals surface area contributed by atoms with Crippen molar-refractivity contribution in [2.24, 2.45) is 0 Å². The number of nitrogens with one attached hydrogen (secondary N) is 3. The fourth-order valence-corrected chi connectivity index (χ4v) is 3.63. The Hall–Kier alpha value is -4.06. The third-order valence-electron chi connectivity index (χ3n) is 4.69. The zero-order chi connectivity index (χ0) is 22.7. The number of sulfone groups is 1. The molecule has 164 valence electrons. The van der Waals surface area contributed by atoms with E-state index in [0.29, 0.717) is 36.0 Å². The zero-order valence-corrected chi connectivity index (χ0v) is 17.8. The van der Waals surface area contributed by atoms with E-state index in [0.717, 1.165) is 11.1 Å². The maximum absolute atomic E-state index is 11.6. The van der Waals surface area contributed by atoms with Gasteiger partial charge in [0.25, 0.3) is 5.69 Å². The molecule has 0 radical (unpaired) electrons. The maximum Gasteiger partial charge on any atom is 0.269 e. The summed E-state index contributed by atoms with van der Waals surface area (Å²) in [5.74, 6) is 0.878. The number of rotatable bonds is 8. The predicted molar refractivity (Wildman–Crippen MR) is 119 cm³/mol. The molecular formula is C20H19N7O4S. The van der Waals surface area contributed by atoms with Crippen LogP contribution >= 0.6 is 0 Å². The molecule has 0 aliphatic heterocycles. The lowest BCUT2D eigenvalue weighted by Crippen LogP contribution is -2.08. The molecule has 2 aromatic carbocycles. The van der Waals surface area contributed by atoms with E-state index >= 15 is 0 Å². The van der Waals surface area contributed by atoms with Gasteiger partial charge in [0.2, 0.25) is 5.95 Å². The molecule has 32 heavy (non-hydrogen) atoms. The average molecular weight is 453 g/mol. The standard InChI is InChI=1S/C20H19N7O4S/c1-32(30,31)16-8-4-14(5-9-16)10-21-18-17-19(24-12-23-17)26-20(25-18)22-11-13-2-6-15(7-3-13)27(28)29/h2-9,12H,10-11H2,1H3,(H3,21,22,23,24,25,26). The molecule has 2 aromatic heterocycles. The minimum absolute atomic E-state index is 0.0268. The summed E-state index contributed by atoms with van der Waals surface area (Å²) in [5, 5.41) is 17.1. The number of benzene rings is 2. The molecule has 0 aliphatic rings. The van der Waals surface area contributed by atoms with Crippen LogP contribution in [0.4, 0.5) is 17.5 Å². The van der Waals surface area contributed by atoms with Crippen molar-refractivity contribution >= 4 is 38.5 Å². The third-order valence-corrected chi connectivity index (χ3v) is 5.82. The highest BCUT2D eigenvalue weighted by molar-refractivity contribution is 7.90. The van der Waals surface area contributed by atoms with Crippen molar-refractivity contribution < 1.29 is 13.3 Å². The van der Waals surface area contributed by atoms with Crippen molar-refractivity contribution in [2.75, 3.05) is 16.9 Å². The van der Waals surface area contributed by atoms with Gasteiger partial charge in [0.15, 0.2) is 21.3 Å². The van der Waals surface area contributed by atoms with Crippen LogP contribution < -0.4 is 10.6 Å². The molecule has 0 atom stereocenters. The second-order valence-electron chi connectivity index (χ2n) is 7.04. The summed E-state index contributed by atoms with van der Waals surface area (Å²) in [6.07, 6.45) is 2.69. The van der Waals surface area contributed by atoms with Gasteiger partial charge in [0, 0.05) is 31.5 Å². The second kappa shape index (κ2) is 8.59. The Kier molecular flexibility index (Phi) is 5.69. The van der Waals surface area contributed by atoms with Crippen molar-refractivity contribution in [1.82, 2.24) is 19.9 Å². The first-order chi connectivity index (χ1) is 15.3. The Morgan fingerprint density at radius 1 is 0.969 bits per heavy atom. The molecule has 0 saturated carbocycles. The molecule has 0 saturated heterocycles. The second-order valence-corrected chi connectivity index (χ2v) is 9.06. The minimum Gasteiger partial charge on any atom is -0.364 e. The van der Waals surface area contributed by atoms with Gasteiger partial charge < -0.3 is 15.6 Å². The van der Waals surface area contributed by atoms with Gasteiger partial charge in [-0.1, -0.05) is 24.3 Å². The number of aromatic nitrogens is 4. The lowest BCUT2D eigenvalue weighted by atomic mass is 10.2. The Morgan fingerprint density at radius 3 is 2.22 bits per heavy atom. The molecule has 4 rings (SSSR count). The average Bonchev–Trinajstić information content (AvgIpc) is 3.25. The van der Waals surface area contributed by atoms with E-state index in [4.69, 9.17) is 0 Å². The summed E-state index contributed by atoms with van der Waals surface area (Å²) in [4.78, 5) is 26.7. The van der Waals surface area contributed by atoms with Crippen LogP contribution in [0.5, 0.6) is 0 Å². The molecule has 3 N–H and O–H groups in total. The van der Waals surface area contributed by atoms with Gasteiger partial charge in [-0.05, 0) is 23.3 Å². The van der Waals surface area contributed by atoms with Crippen molar-refractivity contribution in [2.45, 2.75) is 18.0 Å². The minimum atomic E-state index is -3.25. The molecule has 0 unspecified atom stereocenters. The number of non-ortho nitro benzene ring substituents is 1. The van der Waals surface area contributed by atoms with Gasteiger partial charge in [-0.3, -0.25) is 10.1 Å². The first-order valence-electron chi connectivity index (χ1n) is 9.51. The SMILES string of the molecule is CS(=O)(=O)c1ccc(CNc2nc(NCc3ccc([N+](=O)[O-])cc3)nc3nc[nH]c23)cc1. The summed E-state index contributed by atoms with van der Waals surface area (Å²) >= 11 is 0. The Bertz CT molecular complexity index is 1370. The number of aromatic amines is 1. The van der Waals surface area contributed by atoms with Crippen molar-refractivity contribution in [3.05, 3.63) is 76.1 Å². The number of H-pyrrole nitrogens is 1. The van der Waals surface area contributed by atoms with Crippen LogP contribution in [0.1, 0.15) is 11.1 Å². The predicted octanol–water partition coefficient (Wildman–Crippen LogP) is 2.89. The molecule has 0 amide bonds. The van der Waals surface area contributed by atoms with Crippen LogP contribution in [-0.4, -0.2) is 39.5 Å². The molecule has 12 heteroatoms. The molecule has 0 aliphatic carbocycles. The van der Waals surface area contributed by atoms with E-state index in [-0.39, 0.29) is 10.6 Å². The summed E-state index contributed by atoms with van der Waals surface area (Å²) < 4.78 is 23.2. The monoisotopic (exact) mass is 453 g/mol. The Balaban J connectivity index is 1.48. The number of hydrogen-bond donors (Lipinski definition) is 3. The highest BCUT2D eigenvalue weighted by Crippen LogP contribution is 2.21. The summed E-state index contributed by atoms with van der Waals surface area (Å²) in [5.41, 5.74) is 2.85. The molecular weight excluding hydrogens is 434 g/mol. The largest absolute Gasteiger partial charge is 0.364 e. The molecule has 0 spiro atoms. The number of nitro groups is 1. The lowest BCUT2D eigenvalue weighted by Gasteiger charge is -2.10. The van der Waals surface area contributed by atoms with Gasteiger partial charge in [-0.25, -0.2) is 13.4 Å². The first-order valence-corrected chi connectivity index (χ1v) is 11.4. The quantitative estimate of drug-likeness (QED) is 0.270. The van der Waals surface area contributed by atoms with Crippen LogP contribution in [0, 0.1) is 10.1 Å². The topological polar surface area (TPSA) is 156 Å². The molecule has 4 aromatic rings. The first kappa shape index (κ1) is 21.2. The lowest BCUT2D eigenvalue weighted by molar-refractivity contribution is -0.384. The fraction of sp³-hybridized carbons (Fsp3) is 0.150. The van der Waals surface area contributed by atoms with Gasteiger partial charge in [-0.15, -0.1) is 0 Å². The zero-order valence-electron chi connectivity index (χ0n) is 16.9. The summed E-state index contributed by atoms with van der Waals surface area (Å²) in [6.45, 7) is 0.789. The number of imidazole rings is 1.